The fraction of sp³-hybridized carbons (Fsp3) is 0.850. The molecule has 2 rings (SSSR count). The van der Waals surface area contributed by atoms with Gasteiger partial charge in [-0.1, -0.05) is 34.1 Å². The molecule has 148 valence electrons. The van der Waals surface area contributed by atoms with Crippen LogP contribution in [0, 0.1) is 11.3 Å². The summed E-state index contributed by atoms with van der Waals surface area (Å²) in [6, 6.07) is -0.436. The molecule has 6 nitrogen and oxygen atoms in total. The molecule has 1 saturated carbocycles. The summed E-state index contributed by atoms with van der Waals surface area (Å²) in [5.41, 5.74) is -1.12. The Labute approximate surface area is 157 Å². The predicted octanol–water partition coefficient (Wildman–Crippen LogP) is 3.21. The molecule has 1 heterocycles. The van der Waals surface area contributed by atoms with E-state index < -0.39 is 17.1 Å². The molecular weight excluding hydrogens is 330 g/mol. The van der Waals surface area contributed by atoms with Crippen molar-refractivity contribution in [2.45, 2.75) is 91.1 Å². The summed E-state index contributed by atoms with van der Waals surface area (Å²) >= 11 is 0. The normalized spacial score (nSPS) is 27.0. The Hall–Kier alpha value is -1.59. The van der Waals surface area contributed by atoms with Gasteiger partial charge in [0, 0.05) is 5.54 Å². The van der Waals surface area contributed by atoms with E-state index >= 15 is 0 Å². The zero-order valence-corrected chi connectivity index (χ0v) is 17.2. The van der Waals surface area contributed by atoms with E-state index in [2.05, 4.69) is 38.3 Å². The first-order valence-electron chi connectivity index (χ1n) is 9.83. The number of carbonyl (C=O) groups is 3. The minimum atomic E-state index is -0.788. The monoisotopic (exact) mass is 365 g/mol. The molecule has 0 aromatic carbocycles. The van der Waals surface area contributed by atoms with Crippen LogP contribution in [0.1, 0.15) is 80.1 Å². The average molecular weight is 366 g/mol. The summed E-state index contributed by atoms with van der Waals surface area (Å²) in [5, 5.41) is 5.85. The van der Waals surface area contributed by atoms with Gasteiger partial charge in [0.2, 0.25) is 5.91 Å². The van der Waals surface area contributed by atoms with Gasteiger partial charge in [-0.2, -0.15) is 0 Å². The second kappa shape index (κ2) is 7.20. The van der Waals surface area contributed by atoms with Gasteiger partial charge in [-0.05, 0) is 57.3 Å². The molecule has 0 atom stereocenters. The van der Waals surface area contributed by atoms with Gasteiger partial charge >= 0.3 is 6.03 Å². The smallest absolute Gasteiger partial charge is 0.325 e. The van der Waals surface area contributed by atoms with Crippen LogP contribution in [0.3, 0.4) is 0 Å². The van der Waals surface area contributed by atoms with Gasteiger partial charge in [-0.25, -0.2) is 4.79 Å². The Kier molecular flexibility index (Phi) is 5.74. The van der Waals surface area contributed by atoms with E-state index in [4.69, 9.17) is 0 Å². The highest BCUT2D eigenvalue weighted by molar-refractivity contribution is 6.09. The minimum Gasteiger partial charge on any atom is -0.350 e. The van der Waals surface area contributed by atoms with Crippen LogP contribution >= 0.6 is 0 Å². The van der Waals surface area contributed by atoms with E-state index in [1.807, 2.05) is 13.8 Å². The Balaban J connectivity index is 1.98. The highest BCUT2D eigenvalue weighted by atomic mass is 16.2. The summed E-state index contributed by atoms with van der Waals surface area (Å²) < 4.78 is 0. The summed E-state index contributed by atoms with van der Waals surface area (Å²) in [7, 11) is 0. The minimum absolute atomic E-state index is 0.0690. The van der Waals surface area contributed by atoms with E-state index in [1.54, 1.807) is 0 Å². The third kappa shape index (κ3) is 4.77. The van der Waals surface area contributed by atoms with Crippen molar-refractivity contribution in [3.8, 4) is 0 Å². The van der Waals surface area contributed by atoms with Crippen LogP contribution in [0.25, 0.3) is 0 Å². The number of nitrogens with zero attached hydrogens (tertiary/aromatic N) is 1. The van der Waals surface area contributed by atoms with Crippen LogP contribution in [0.4, 0.5) is 4.79 Å². The fourth-order valence-electron chi connectivity index (χ4n) is 4.67. The van der Waals surface area contributed by atoms with Crippen molar-refractivity contribution in [2.75, 3.05) is 6.54 Å². The number of hydrogen-bond acceptors (Lipinski definition) is 3. The molecule has 2 aliphatic rings. The molecule has 0 aromatic rings. The van der Waals surface area contributed by atoms with Crippen LogP contribution in [0.15, 0.2) is 0 Å². The summed E-state index contributed by atoms with van der Waals surface area (Å²) in [4.78, 5) is 38.8. The molecule has 2 N–H and O–H groups in total. The number of hydrogen-bond donors (Lipinski definition) is 2. The van der Waals surface area contributed by atoms with E-state index in [9.17, 15) is 14.4 Å². The van der Waals surface area contributed by atoms with Crippen molar-refractivity contribution in [2.24, 2.45) is 11.3 Å². The van der Waals surface area contributed by atoms with Gasteiger partial charge in [0.1, 0.15) is 12.1 Å². The Morgan fingerprint density at radius 3 is 2.27 bits per heavy atom. The number of carbonyl (C=O) groups excluding carboxylic acids is 3. The maximum Gasteiger partial charge on any atom is 0.325 e. The third-order valence-electron chi connectivity index (χ3n) is 5.53. The average Bonchev–Trinajstić information content (AvgIpc) is 2.69. The summed E-state index contributed by atoms with van der Waals surface area (Å²) in [5.74, 6) is 0.101. The van der Waals surface area contributed by atoms with Gasteiger partial charge in [0.25, 0.3) is 5.91 Å². The lowest BCUT2D eigenvalue weighted by atomic mass is 9.75. The van der Waals surface area contributed by atoms with Crippen LogP contribution in [-0.4, -0.2) is 40.4 Å². The molecule has 2 fully saturated rings. The largest absolute Gasteiger partial charge is 0.350 e. The van der Waals surface area contributed by atoms with Crippen LogP contribution in [-0.2, 0) is 9.59 Å². The quantitative estimate of drug-likeness (QED) is 0.734. The van der Waals surface area contributed by atoms with E-state index in [-0.39, 0.29) is 23.8 Å². The first kappa shape index (κ1) is 20.7. The molecule has 0 radical (unpaired) electrons. The molecular formula is C20H35N3O3. The van der Waals surface area contributed by atoms with Crippen molar-refractivity contribution in [3.63, 3.8) is 0 Å². The predicted molar refractivity (Wildman–Crippen MR) is 102 cm³/mol. The van der Waals surface area contributed by atoms with Crippen LogP contribution in [0.5, 0.6) is 0 Å². The number of urea groups is 1. The molecule has 26 heavy (non-hydrogen) atoms. The molecule has 0 bridgehead atoms. The fourth-order valence-corrected chi connectivity index (χ4v) is 4.67. The Bertz CT molecular complexity index is 569. The molecule has 1 aliphatic carbocycles. The first-order valence-corrected chi connectivity index (χ1v) is 9.83. The van der Waals surface area contributed by atoms with Gasteiger partial charge in [-0.15, -0.1) is 0 Å². The summed E-state index contributed by atoms with van der Waals surface area (Å²) in [6.07, 6.45) is 5.14. The lowest BCUT2D eigenvalue weighted by Crippen LogP contribution is -2.52. The van der Waals surface area contributed by atoms with Crippen molar-refractivity contribution < 1.29 is 14.4 Å². The van der Waals surface area contributed by atoms with Crippen LogP contribution in [0.2, 0.25) is 0 Å². The SMILES string of the molecule is CCC1CCC2(CC1)NC(=O)N(CC(=O)NC(C)(C)CC(C)(C)C)C2=O. The molecule has 4 amide bonds. The highest BCUT2D eigenvalue weighted by Crippen LogP contribution is 2.37. The molecule has 0 unspecified atom stereocenters. The number of nitrogens with one attached hydrogen (secondary N) is 2. The topological polar surface area (TPSA) is 78.5 Å². The van der Waals surface area contributed by atoms with Crippen LogP contribution < -0.4 is 10.6 Å². The number of imide groups is 1. The molecule has 6 heteroatoms. The van der Waals surface area contributed by atoms with Gasteiger partial charge in [-0.3, -0.25) is 14.5 Å². The standard InChI is InChI=1S/C20H35N3O3/c1-7-14-8-10-20(11-9-14)16(25)23(17(26)22-20)12-15(24)21-19(5,6)13-18(2,3)4/h14H,7-13H2,1-6H3,(H,21,24)(H,22,26). The van der Waals surface area contributed by atoms with Crippen molar-refractivity contribution in [1.29, 1.82) is 0 Å². The molecule has 1 aliphatic heterocycles. The number of amides is 4. The Morgan fingerprint density at radius 2 is 1.77 bits per heavy atom. The Morgan fingerprint density at radius 1 is 1.19 bits per heavy atom. The van der Waals surface area contributed by atoms with Crippen molar-refractivity contribution in [1.82, 2.24) is 15.5 Å². The molecule has 1 spiro atoms. The van der Waals surface area contributed by atoms with Gasteiger partial charge in [0.15, 0.2) is 0 Å². The molecule has 1 saturated heterocycles. The van der Waals surface area contributed by atoms with Gasteiger partial charge in [0.05, 0.1) is 0 Å². The van der Waals surface area contributed by atoms with Gasteiger partial charge < -0.3 is 10.6 Å². The molecule has 0 aromatic heterocycles. The van der Waals surface area contributed by atoms with Crippen molar-refractivity contribution >= 4 is 17.8 Å². The maximum absolute atomic E-state index is 12.9. The highest BCUT2D eigenvalue weighted by Gasteiger charge is 2.52. The second-order valence-electron chi connectivity index (χ2n) is 9.92. The number of rotatable bonds is 5. The first-order chi connectivity index (χ1) is 11.9. The third-order valence-corrected chi connectivity index (χ3v) is 5.53. The maximum atomic E-state index is 12.9. The lowest BCUT2D eigenvalue weighted by molar-refractivity contribution is -0.136. The lowest BCUT2D eigenvalue weighted by Gasteiger charge is -2.35. The summed E-state index contributed by atoms with van der Waals surface area (Å²) in [6.45, 7) is 12.2. The van der Waals surface area contributed by atoms with E-state index in [1.165, 1.54) is 0 Å². The van der Waals surface area contributed by atoms with E-state index in [0.717, 1.165) is 30.6 Å². The van der Waals surface area contributed by atoms with E-state index in [0.29, 0.717) is 18.8 Å². The second-order valence-corrected chi connectivity index (χ2v) is 9.92. The zero-order chi connectivity index (χ0) is 19.8. The zero-order valence-electron chi connectivity index (χ0n) is 17.2. The van der Waals surface area contributed by atoms with Crippen molar-refractivity contribution in [3.05, 3.63) is 0 Å².